The topological polar surface area (TPSA) is 43.2 Å². The molecule has 0 N–H and O–H groups in total. The Morgan fingerprint density at radius 1 is 1.29 bits per heavy atom. The van der Waals surface area contributed by atoms with Crippen LogP contribution in [-0.4, -0.2) is 35.6 Å². The minimum Gasteiger partial charge on any atom is -0.352 e. The van der Waals surface area contributed by atoms with E-state index in [1.54, 1.807) is 12.3 Å². The molecule has 0 aromatic carbocycles. The lowest BCUT2D eigenvalue weighted by Crippen LogP contribution is -2.48. The SMILES string of the molecule is Cc1ccc(CN2CCC3CCN(c4cc(C#N)ccn4)C3C2)s1. The molecule has 124 valence electrons. The van der Waals surface area contributed by atoms with Crippen LogP contribution in [0.1, 0.15) is 28.2 Å². The molecule has 2 fully saturated rings. The standard InChI is InChI=1S/C19H22N4S/c1-14-2-3-17(24-14)12-22-8-5-16-6-9-23(18(16)13-22)19-10-15(11-20)4-7-21-19/h2-4,7,10,16,18H,5-6,8-9,12-13H2,1H3. The third kappa shape index (κ3) is 3.04. The van der Waals surface area contributed by atoms with Crippen LogP contribution in [0.4, 0.5) is 5.82 Å². The van der Waals surface area contributed by atoms with Gasteiger partial charge < -0.3 is 4.90 Å². The van der Waals surface area contributed by atoms with Crippen molar-refractivity contribution >= 4 is 17.2 Å². The van der Waals surface area contributed by atoms with Crippen LogP contribution in [0.15, 0.2) is 30.5 Å². The van der Waals surface area contributed by atoms with Gasteiger partial charge in [0.1, 0.15) is 5.82 Å². The molecule has 2 atom stereocenters. The van der Waals surface area contributed by atoms with Gasteiger partial charge in [0.2, 0.25) is 0 Å². The van der Waals surface area contributed by atoms with E-state index in [0.717, 1.165) is 31.4 Å². The average Bonchev–Trinajstić information content (AvgIpc) is 3.21. The van der Waals surface area contributed by atoms with Gasteiger partial charge >= 0.3 is 0 Å². The fourth-order valence-corrected chi connectivity index (χ4v) is 5.00. The summed E-state index contributed by atoms with van der Waals surface area (Å²) in [5, 5.41) is 9.14. The lowest BCUT2D eigenvalue weighted by Gasteiger charge is -2.38. The van der Waals surface area contributed by atoms with Gasteiger partial charge in [-0.15, -0.1) is 11.3 Å². The Kier molecular flexibility index (Phi) is 4.26. The van der Waals surface area contributed by atoms with Crippen molar-refractivity contribution in [3.63, 3.8) is 0 Å². The molecular weight excluding hydrogens is 316 g/mol. The Bertz CT molecular complexity index is 763. The first-order chi connectivity index (χ1) is 11.7. The van der Waals surface area contributed by atoms with Crippen molar-refractivity contribution in [2.75, 3.05) is 24.5 Å². The van der Waals surface area contributed by atoms with Crippen LogP contribution in [0, 0.1) is 24.2 Å². The molecule has 4 nitrogen and oxygen atoms in total. The molecule has 5 heteroatoms. The van der Waals surface area contributed by atoms with Crippen LogP contribution in [0.5, 0.6) is 0 Å². The van der Waals surface area contributed by atoms with Crippen molar-refractivity contribution in [1.82, 2.24) is 9.88 Å². The number of pyridine rings is 1. The summed E-state index contributed by atoms with van der Waals surface area (Å²) in [7, 11) is 0. The lowest BCUT2D eigenvalue weighted by molar-refractivity contribution is 0.168. The zero-order valence-electron chi connectivity index (χ0n) is 14.0. The number of likely N-dealkylation sites (tertiary alicyclic amines) is 1. The van der Waals surface area contributed by atoms with Crippen molar-refractivity contribution in [3.8, 4) is 6.07 Å². The number of anilines is 1. The number of nitrogens with zero attached hydrogens (tertiary/aromatic N) is 4. The van der Waals surface area contributed by atoms with Crippen LogP contribution in [0.25, 0.3) is 0 Å². The van der Waals surface area contributed by atoms with Gasteiger partial charge in [0.25, 0.3) is 0 Å². The molecule has 0 aliphatic carbocycles. The van der Waals surface area contributed by atoms with Gasteiger partial charge in [-0.05, 0) is 56.5 Å². The van der Waals surface area contributed by atoms with E-state index >= 15 is 0 Å². The molecule has 0 spiro atoms. The highest BCUT2D eigenvalue weighted by Gasteiger charge is 2.38. The van der Waals surface area contributed by atoms with E-state index in [1.165, 1.54) is 29.1 Å². The molecule has 2 saturated heterocycles. The number of piperidine rings is 1. The number of hydrogen-bond acceptors (Lipinski definition) is 5. The number of nitriles is 1. The maximum absolute atomic E-state index is 9.14. The Morgan fingerprint density at radius 2 is 2.17 bits per heavy atom. The second kappa shape index (κ2) is 6.54. The zero-order valence-corrected chi connectivity index (χ0v) is 14.8. The van der Waals surface area contributed by atoms with Crippen LogP contribution in [0.2, 0.25) is 0 Å². The summed E-state index contributed by atoms with van der Waals surface area (Å²) in [4.78, 5) is 12.4. The summed E-state index contributed by atoms with van der Waals surface area (Å²) in [6.07, 6.45) is 4.27. The van der Waals surface area contributed by atoms with Crippen molar-refractivity contribution < 1.29 is 0 Å². The molecule has 2 aromatic heterocycles. The Morgan fingerprint density at radius 3 is 2.96 bits per heavy atom. The van der Waals surface area contributed by atoms with E-state index in [-0.39, 0.29) is 0 Å². The first kappa shape index (κ1) is 15.6. The highest BCUT2D eigenvalue weighted by molar-refractivity contribution is 7.11. The number of fused-ring (bicyclic) bond motifs is 1. The van der Waals surface area contributed by atoms with Gasteiger partial charge in [0, 0.05) is 41.6 Å². The molecular formula is C19H22N4S. The Labute approximate surface area is 147 Å². The minimum atomic E-state index is 0.529. The van der Waals surface area contributed by atoms with E-state index < -0.39 is 0 Å². The Balaban J connectivity index is 1.49. The molecule has 2 aromatic rings. The van der Waals surface area contributed by atoms with Crippen LogP contribution in [-0.2, 0) is 6.54 Å². The number of aryl methyl sites for hydroxylation is 1. The minimum absolute atomic E-state index is 0.529. The predicted octanol–water partition coefficient (Wildman–Crippen LogP) is 3.42. The summed E-state index contributed by atoms with van der Waals surface area (Å²) in [5.74, 6) is 1.73. The lowest BCUT2D eigenvalue weighted by atomic mass is 9.92. The smallest absolute Gasteiger partial charge is 0.130 e. The van der Waals surface area contributed by atoms with Crippen LogP contribution in [0.3, 0.4) is 0 Å². The van der Waals surface area contributed by atoms with Gasteiger partial charge in [-0.3, -0.25) is 4.90 Å². The number of hydrogen-bond donors (Lipinski definition) is 0. The monoisotopic (exact) mass is 338 g/mol. The predicted molar refractivity (Wildman–Crippen MR) is 97.1 cm³/mol. The first-order valence-corrected chi connectivity index (χ1v) is 9.45. The molecule has 0 amide bonds. The maximum atomic E-state index is 9.14. The van der Waals surface area contributed by atoms with E-state index in [4.69, 9.17) is 5.26 Å². The number of aromatic nitrogens is 1. The van der Waals surface area contributed by atoms with Crippen LogP contribution >= 0.6 is 11.3 Å². The van der Waals surface area contributed by atoms with E-state index in [1.807, 2.05) is 17.4 Å². The van der Waals surface area contributed by atoms with Crippen molar-refractivity contribution in [1.29, 1.82) is 5.26 Å². The summed E-state index contributed by atoms with van der Waals surface area (Å²) >= 11 is 1.91. The molecule has 2 aliphatic heterocycles. The van der Waals surface area contributed by atoms with Gasteiger partial charge in [-0.2, -0.15) is 5.26 Å². The molecule has 2 unspecified atom stereocenters. The summed E-state index contributed by atoms with van der Waals surface area (Å²) < 4.78 is 0. The van der Waals surface area contributed by atoms with Crippen molar-refractivity contribution in [2.45, 2.75) is 32.4 Å². The molecule has 4 heterocycles. The number of rotatable bonds is 3. The fourth-order valence-electron chi connectivity index (χ4n) is 4.07. The normalized spacial score (nSPS) is 23.9. The average molecular weight is 338 g/mol. The molecule has 0 saturated carbocycles. The largest absolute Gasteiger partial charge is 0.352 e. The molecule has 4 rings (SSSR count). The summed E-state index contributed by atoms with van der Waals surface area (Å²) in [5.41, 5.74) is 0.699. The maximum Gasteiger partial charge on any atom is 0.130 e. The van der Waals surface area contributed by atoms with Gasteiger partial charge in [-0.1, -0.05) is 0 Å². The third-order valence-electron chi connectivity index (χ3n) is 5.29. The van der Waals surface area contributed by atoms with E-state index in [9.17, 15) is 0 Å². The first-order valence-electron chi connectivity index (χ1n) is 8.63. The Hall–Kier alpha value is -1.90. The second-order valence-corrected chi connectivity index (χ2v) is 8.23. The third-order valence-corrected chi connectivity index (χ3v) is 6.28. The second-order valence-electron chi connectivity index (χ2n) is 6.86. The van der Waals surface area contributed by atoms with Crippen molar-refractivity contribution in [3.05, 3.63) is 45.8 Å². The summed E-state index contributed by atoms with van der Waals surface area (Å²) in [6.45, 7) is 6.58. The summed E-state index contributed by atoms with van der Waals surface area (Å²) in [6, 6.07) is 11.0. The highest BCUT2D eigenvalue weighted by Crippen LogP contribution is 2.35. The molecule has 24 heavy (non-hydrogen) atoms. The van der Waals surface area contributed by atoms with Gasteiger partial charge in [0.05, 0.1) is 11.6 Å². The van der Waals surface area contributed by atoms with Crippen molar-refractivity contribution in [2.24, 2.45) is 5.92 Å². The van der Waals surface area contributed by atoms with E-state index in [2.05, 4.69) is 39.9 Å². The molecule has 0 bridgehead atoms. The quantitative estimate of drug-likeness (QED) is 0.860. The highest BCUT2D eigenvalue weighted by atomic mass is 32.1. The molecule has 2 aliphatic rings. The number of thiophene rings is 1. The van der Waals surface area contributed by atoms with E-state index in [0.29, 0.717) is 11.6 Å². The molecule has 0 radical (unpaired) electrons. The zero-order chi connectivity index (χ0) is 16.5. The van der Waals surface area contributed by atoms with Gasteiger partial charge in [-0.25, -0.2) is 4.98 Å². The fraction of sp³-hybridized carbons (Fsp3) is 0.474. The van der Waals surface area contributed by atoms with Crippen LogP contribution < -0.4 is 4.90 Å². The van der Waals surface area contributed by atoms with Gasteiger partial charge in [0.15, 0.2) is 0 Å².